The lowest BCUT2D eigenvalue weighted by Crippen LogP contribution is -2.54. The third-order valence-electron chi connectivity index (χ3n) is 4.21. The van der Waals surface area contributed by atoms with Gasteiger partial charge in [-0.2, -0.15) is 0 Å². The molecule has 1 fully saturated rings. The van der Waals surface area contributed by atoms with E-state index in [1.165, 1.54) is 12.1 Å². The second kappa shape index (κ2) is 13.2. The van der Waals surface area contributed by atoms with Crippen LogP contribution >= 0.6 is 35.6 Å². The fraction of sp³-hybridized carbons (Fsp3) is 0.556. The molecule has 1 aromatic rings. The van der Waals surface area contributed by atoms with E-state index in [2.05, 4.69) is 15.0 Å². The predicted octanol–water partition coefficient (Wildman–Crippen LogP) is 1.98. The van der Waals surface area contributed by atoms with Gasteiger partial charge in [0.2, 0.25) is 10.0 Å². The molecule has 12 heteroatoms. The summed E-state index contributed by atoms with van der Waals surface area (Å²) < 4.78 is 32.2. The summed E-state index contributed by atoms with van der Waals surface area (Å²) in [7, 11) is -3.64. The minimum Gasteiger partial charge on any atom is -0.450 e. The van der Waals surface area contributed by atoms with Crippen molar-refractivity contribution in [2.75, 3.05) is 52.4 Å². The minimum absolute atomic E-state index is 0. The van der Waals surface area contributed by atoms with Gasteiger partial charge in [0.1, 0.15) is 0 Å². The number of halogens is 2. The molecule has 0 spiro atoms. The zero-order valence-electron chi connectivity index (χ0n) is 17.1. The van der Waals surface area contributed by atoms with E-state index in [9.17, 15) is 13.2 Å². The molecule has 2 N–H and O–H groups in total. The van der Waals surface area contributed by atoms with Crippen molar-refractivity contribution in [3.05, 3.63) is 29.3 Å². The molecule has 30 heavy (non-hydrogen) atoms. The van der Waals surface area contributed by atoms with Crippen LogP contribution in [0.1, 0.15) is 13.8 Å². The van der Waals surface area contributed by atoms with E-state index in [0.717, 1.165) is 0 Å². The first-order valence-electron chi connectivity index (χ1n) is 9.57. The van der Waals surface area contributed by atoms with E-state index in [0.29, 0.717) is 50.3 Å². The van der Waals surface area contributed by atoms with Gasteiger partial charge in [0.15, 0.2) is 5.96 Å². The Balaban J connectivity index is 0.00000450. The Labute approximate surface area is 200 Å². The Morgan fingerprint density at radius 3 is 2.47 bits per heavy atom. The third kappa shape index (κ3) is 8.08. The lowest BCUT2D eigenvalue weighted by molar-refractivity contribution is 0.0914. The summed E-state index contributed by atoms with van der Waals surface area (Å²) in [6.45, 7) is 7.57. The number of carbonyl (C=O) groups excluding carboxylic acids is 1. The summed E-state index contributed by atoms with van der Waals surface area (Å²) >= 11 is 5.86. The van der Waals surface area contributed by atoms with Crippen molar-refractivity contribution in [1.29, 1.82) is 0 Å². The van der Waals surface area contributed by atoms with Gasteiger partial charge >= 0.3 is 6.09 Å². The summed E-state index contributed by atoms with van der Waals surface area (Å²) in [6.07, 6.45) is -0.301. The normalized spacial score (nSPS) is 14.8. The average molecular weight is 574 g/mol. The van der Waals surface area contributed by atoms with Gasteiger partial charge in [-0.1, -0.05) is 17.7 Å². The molecule has 1 heterocycles. The van der Waals surface area contributed by atoms with Gasteiger partial charge in [-0.3, -0.25) is 4.99 Å². The molecule has 2 rings (SSSR count). The lowest BCUT2D eigenvalue weighted by atomic mass is 10.3. The van der Waals surface area contributed by atoms with E-state index < -0.39 is 10.0 Å². The molecule has 0 unspecified atom stereocenters. The fourth-order valence-electron chi connectivity index (χ4n) is 2.80. The van der Waals surface area contributed by atoms with Crippen LogP contribution in [0.4, 0.5) is 4.79 Å². The third-order valence-corrected chi connectivity index (χ3v) is 5.91. The van der Waals surface area contributed by atoms with Crippen LogP contribution in [-0.4, -0.2) is 82.7 Å². The number of rotatable bonds is 7. The first kappa shape index (κ1) is 26.7. The number of benzene rings is 1. The van der Waals surface area contributed by atoms with Gasteiger partial charge in [-0.15, -0.1) is 24.0 Å². The van der Waals surface area contributed by atoms with Crippen LogP contribution in [0.3, 0.4) is 0 Å². The van der Waals surface area contributed by atoms with E-state index in [1.54, 1.807) is 24.0 Å². The van der Waals surface area contributed by atoms with Crippen molar-refractivity contribution >= 4 is 57.7 Å². The average Bonchev–Trinajstić information content (AvgIpc) is 2.70. The highest BCUT2D eigenvalue weighted by Crippen LogP contribution is 2.14. The number of nitrogens with one attached hydrogen (secondary N) is 2. The zero-order chi connectivity index (χ0) is 21.3. The molecule has 1 aliphatic rings. The smallest absolute Gasteiger partial charge is 0.409 e. The van der Waals surface area contributed by atoms with Crippen molar-refractivity contribution in [2.45, 2.75) is 18.7 Å². The molecular formula is C18H29ClIN5O4S. The Kier molecular flexibility index (Phi) is 11.7. The second-order valence-electron chi connectivity index (χ2n) is 6.26. The number of hydrogen-bond acceptors (Lipinski definition) is 5. The van der Waals surface area contributed by atoms with Crippen LogP contribution in [0, 0.1) is 0 Å². The molecular weight excluding hydrogens is 545 g/mol. The topological polar surface area (TPSA) is 103 Å². The van der Waals surface area contributed by atoms with Crippen LogP contribution in [0.2, 0.25) is 5.02 Å². The van der Waals surface area contributed by atoms with E-state index in [-0.39, 0.29) is 48.1 Å². The van der Waals surface area contributed by atoms with Gasteiger partial charge in [0.25, 0.3) is 0 Å². The van der Waals surface area contributed by atoms with Crippen LogP contribution in [0.25, 0.3) is 0 Å². The number of piperazine rings is 1. The maximum Gasteiger partial charge on any atom is 0.409 e. The number of amides is 1. The van der Waals surface area contributed by atoms with Gasteiger partial charge in [-0.05, 0) is 32.0 Å². The first-order chi connectivity index (χ1) is 13.9. The van der Waals surface area contributed by atoms with Crippen molar-refractivity contribution in [1.82, 2.24) is 19.8 Å². The highest BCUT2D eigenvalue weighted by Gasteiger charge is 2.23. The van der Waals surface area contributed by atoms with Crippen LogP contribution in [-0.2, 0) is 14.8 Å². The minimum atomic E-state index is -3.64. The molecule has 0 radical (unpaired) electrons. The largest absolute Gasteiger partial charge is 0.450 e. The monoisotopic (exact) mass is 573 g/mol. The van der Waals surface area contributed by atoms with Crippen LogP contribution in [0.15, 0.2) is 34.2 Å². The molecule has 0 aromatic heterocycles. The fourth-order valence-corrected chi connectivity index (χ4v) is 4.12. The quantitative estimate of drug-likeness (QED) is 0.224. The molecule has 1 aliphatic heterocycles. The predicted molar refractivity (Wildman–Crippen MR) is 128 cm³/mol. The lowest BCUT2D eigenvalue weighted by Gasteiger charge is -2.35. The van der Waals surface area contributed by atoms with Gasteiger partial charge in [0.05, 0.1) is 18.0 Å². The summed E-state index contributed by atoms with van der Waals surface area (Å²) in [5.41, 5.74) is 0. The molecule has 1 amide bonds. The van der Waals surface area contributed by atoms with Crippen molar-refractivity contribution in [2.24, 2.45) is 4.99 Å². The number of aliphatic imine (C=N–C) groups is 1. The van der Waals surface area contributed by atoms with Crippen molar-refractivity contribution in [3.63, 3.8) is 0 Å². The molecule has 9 nitrogen and oxygen atoms in total. The van der Waals surface area contributed by atoms with E-state index in [1.807, 2.05) is 11.8 Å². The molecule has 0 bridgehead atoms. The molecule has 1 aromatic carbocycles. The molecule has 1 saturated heterocycles. The number of guanidine groups is 1. The SMILES string of the molecule is CCNC(=NCCNS(=O)(=O)c1cccc(Cl)c1)N1CCN(C(=O)OCC)CC1.I. The summed E-state index contributed by atoms with van der Waals surface area (Å²) in [6, 6.07) is 6.11. The number of hydrogen-bond donors (Lipinski definition) is 2. The highest BCUT2D eigenvalue weighted by atomic mass is 127. The highest BCUT2D eigenvalue weighted by molar-refractivity contribution is 14.0. The summed E-state index contributed by atoms with van der Waals surface area (Å²) in [5, 5.41) is 3.57. The number of ether oxygens (including phenoxy) is 1. The Morgan fingerprint density at radius 1 is 1.20 bits per heavy atom. The second-order valence-corrected chi connectivity index (χ2v) is 8.47. The maximum absolute atomic E-state index is 12.3. The number of carbonyl (C=O) groups is 1. The van der Waals surface area contributed by atoms with E-state index in [4.69, 9.17) is 16.3 Å². The summed E-state index contributed by atoms with van der Waals surface area (Å²) in [4.78, 5) is 20.1. The van der Waals surface area contributed by atoms with E-state index >= 15 is 0 Å². The zero-order valence-corrected chi connectivity index (χ0v) is 21.0. The van der Waals surface area contributed by atoms with Gasteiger partial charge in [-0.25, -0.2) is 17.9 Å². The van der Waals surface area contributed by atoms with Gasteiger partial charge in [0, 0.05) is 44.3 Å². The van der Waals surface area contributed by atoms with Crippen molar-refractivity contribution < 1.29 is 17.9 Å². The summed E-state index contributed by atoms with van der Waals surface area (Å²) in [5.74, 6) is 0.693. The molecule has 0 aliphatic carbocycles. The Bertz CT molecular complexity index is 817. The standard InChI is InChI=1S/C18H28ClN5O4S.HI/c1-3-20-17(23-10-12-24(13-11-23)18(25)28-4-2)21-8-9-22-29(26,27)16-7-5-6-15(19)14-16;/h5-7,14,22H,3-4,8-13H2,1-2H3,(H,20,21);1H. The Morgan fingerprint density at radius 2 is 1.87 bits per heavy atom. The first-order valence-corrected chi connectivity index (χ1v) is 11.4. The molecule has 170 valence electrons. The van der Waals surface area contributed by atoms with Crippen LogP contribution < -0.4 is 10.0 Å². The molecule has 0 saturated carbocycles. The van der Waals surface area contributed by atoms with Gasteiger partial charge < -0.3 is 19.9 Å². The molecule has 0 atom stereocenters. The Hall–Kier alpha value is -1.31. The maximum atomic E-state index is 12.3. The van der Waals surface area contributed by atoms with Crippen molar-refractivity contribution in [3.8, 4) is 0 Å². The van der Waals surface area contributed by atoms with Crippen LogP contribution in [0.5, 0.6) is 0 Å². The number of sulfonamides is 1. The number of nitrogens with zero attached hydrogens (tertiary/aromatic N) is 3.